The number of phenolic OH excluding ortho intramolecular Hbond substituents is 1. The highest BCUT2D eigenvalue weighted by atomic mass is 16.5. The molecule has 1 fully saturated rings. The molecule has 1 heterocycles. The molecule has 4 nitrogen and oxygen atoms in total. The number of likely N-dealkylation sites (tertiary alicyclic amines) is 1. The van der Waals surface area contributed by atoms with E-state index in [1.807, 2.05) is 29.2 Å². The van der Waals surface area contributed by atoms with E-state index in [4.69, 9.17) is 4.74 Å². The zero-order chi connectivity index (χ0) is 16.9. The molecule has 1 unspecified atom stereocenters. The van der Waals surface area contributed by atoms with Gasteiger partial charge in [-0.05, 0) is 42.7 Å². The van der Waals surface area contributed by atoms with Crippen LogP contribution in [0.4, 0.5) is 0 Å². The van der Waals surface area contributed by atoms with Crippen molar-refractivity contribution in [2.75, 3.05) is 13.7 Å². The number of nitrogens with zero attached hydrogens (tertiary/aromatic N) is 1. The number of benzene rings is 2. The number of carbonyl (C=O) groups excluding carboxylic acids is 1. The first-order valence-electron chi connectivity index (χ1n) is 8.43. The third-order valence-corrected chi connectivity index (χ3v) is 4.65. The number of phenols is 1. The number of hydrogen-bond donors (Lipinski definition) is 1. The van der Waals surface area contributed by atoms with Crippen LogP contribution in [0, 0.1) is 0 Å². The Morgan fingerprint density at radius 2 is 1.83 bits per heavy atom. The second-order valence-corrected chi connectivity index (χ2v) is 6.15. The second-order valence-electron chi connectivity index (χ2n) is 6.15. The number of methoxy groups -OCH3 is 1. The summed E-state index contributed by atoms with van der Waals surface area (Å²) < 4.78 is 5.23. The summed E-state index contributed by atoms with van der Waals surface area (Å²) in [5.41, 5.74) is 1.49. The fraction of sp³-hybridized carbons (Fsp3) is 0.350. The highest BCUT2D eigenvalue weighted by molar-refractivity contribution is 5.97. The van der Waals surface area contributed by atoms with E-state index >= 15 is 0 Å². The molecular weight excluding hydrogens is 302 g/mol. The largest absolute Gasteiger partial charge is 0.507 e. The highest BCUT2D eigenvalue weighted by Gasteiger charge is 2.28. The standard InChI is InChI=1S/C20H23NO3/c1-24-16-12-10-15(11-13-16)18-8-3-2-6-14-21(18)20(23)17-7-4-5-9-19(17)22/h4-5,7,9-13,18,22H,2-3,6,8,14H2,1H3. The normalized spacial score (nSPS) is 18.0. The van der Waals surface area contributed by atoms with Gasteiger partial charge in [-0.25, -0.2) is 0 Å². The van der Waals surface area contributed by atoms with Crippen LogP contribution in [0.1, 0.15) is 47.6 Å². The first-order valence-corrected chi connectivity index (χ1v) is 8.43. The minimum absolute atomic E-state index is 0.0329. The van der Waals surface area contributed by atoms with Crippen LogP contribution in [0.5, 0.6) is 11.5 Å². The van der Waals surface area contributed by atoms with E-state index in [1.165, 1.54) is 0 Å². The van der Waals surface area contributed by atoms with E-state index < -0.39 is 0 Å². The fourth-order valence-corrected chi connectivity index (χ4v) is 3.33. The van der Waals surface area contributed by atoms with Gasteiger partial charge in [0.1, 0.15) is 11.5 Å². The number of amides is 1. The van der Waals surface area contributed by atoms with Gasteiger partial charge in [-0.2, -0.15) is 0 Å². The predicted octanol–water partition coefficient (Wildman–Crippen LogP) is 4.16. The predicted molar refractivity (Wildman–Crippen MR) is 93.3 cm³/mol. The Morgan fingerprint density at radius 3 is 2.54 bits per heavy atom. The van der Waals surface area contributed by atoms with E-state index in [9.17, 15) is 9.90 Å². The van der Waals surface area contributed by atoms with Gasteiger partial charge >= 0.3 is 0 Å². The Balaban J connectivity index is 1.92. The number of hydrogen-bond acceptors (Lipinski definition) is 3. The first-order chi connectivity index (χ1) is 11.7. The molecule has 3 rings (SSSR count). The molecule has 24 heavy (non-hydrogen) atoms. The maximum absolute atomic E-state index is 13.0. The highest BCUT2D eigenvalue weighted by Crippen LogP contribution is 2.33. The van der Waals surface area contributed by atoms with Gasteiger partial charge in [-0.3, -0.25) is 4.79 Å². The summed E-state index contributed by atoms with van der Waals surface area (Å²) in [7, 11) is 1.65. The van der Waals surface area contributed by atoms with Gasteiger partial charge in [0.2, 0.25) is 0 Å². The number of ether oxygens (including phenoxy) is 1. The third-order valence-electron chi connectivity index (χ3n) is 4.65. The number of carbonyl (C=O) groups is 1. The SMILES string of the molecule is COc1ccc(C2CCCCCN2C(=O)c2ccccc2O)cc1. The monoisotopic (exact) mass is 325 g/mol. The molecule has 2 aromatic rings. The molecule has 0 aliphatic carbocycles. The molecule has 4 heteroatoms. The van der Waals surface area contributed by atoms with Gasteiger partial charge in [-0.15, -0.1) is 0 Å². The van der Waals surface area contributed by atoms with Crippen molar-refractivity contribution in [1.29, 1.82) is 0 Å². The van der Waals surface area contributed by atoms with Crippen molar-refractivity contribution in [3.8, 4) is 11.5 Å². The average molecular weight is 325 g/mol. The summed E-state index contributed by atoms with van der Waals surface area (Å²) >= 11 is 0. The molecule has 1 N–H and O–H groups in total. The first kappa shape index (κ1) is 16.4. The Kier molecular flexibility index (Phi) is 5.04. The summed E-state index contributed by atoms with van der Waals surface area (Å²) in [6.45, 7) is 0.712. The van der Waals surface area contributed by atoms with Gasteiger partial charge < -0.3 is 14.7 Å². The fourth-order valence-electron chi connectivity index (χ4n) is 3.33. The van der Waals surface area contributed by atoms with Gasteiger partial charge in [0, 0.05) is 6.54 Å². The smallest absolute Gasteiger partial charge is 0.258 e. The Labute approximate surface area is 142 Å². The molecule has 1 aliphatic heterocycles. The minimum Gasteiger partial charge on any atom is -0.507 e. The zero-order valence-electron chi connectivity index (χ0n) is 13.9. The molecule has 1 saturated heterocycles. The minimum atomic E-state index is -0.101. The summed E-state index contributed by atoms with van der Waals surface area (Å²) in [6, 6.07) is 14.7. The van der Waals surface area contributed by atoms with Crippen molar-refractivity contribution >= 4 is 5.91 Å². The van der Waals surface area contributed by atoms with Gasteiger partial charge in [-0.1, -0.05) is 37.1 Å². The van der Waals surface area contributed by atoms with E-state index in [2.05, 4.69) is 0 Å². The van der Waals surface area contributed by atoms with Crippen LogP contribution in [-0.4, -0.2) is 29.6 Å². The number of para-hydroxylation sites is 1. The molecule has 1 atom stereocenters. The number of rotatable bonds is 3. The van der Waals surface area contributed by atoms with Crippen LogP contribution in [0.3, 0.4) is 0 Å². The maximum atomic E-state index is 13.0. The van der Waals surface area contributed by atoms with Crippen LogP contribution in [-0.2, 0) is 0 Å². The van der Waals surface area contributed by atoms with Crippen molar-refractivity contribution < 1.29 is 14.6 Å². The second kappa shape index (κ2) is 7.39. The molecule has 2 aromatic carbocycles. The number of aromatic hydroxyl groups is 1. The van der Waals surface area contributed by atoms with Gasteiger partial charge in [0.25, 0.3) is 5.91 Å². The molecule has 0 bridgehead atoms. The molecule has 1 amide bonds. The molecule has 1 aliphatic rings. The van der Waals surface area contributed by atoms with Gasteiger partial charge in [0.05, 0.1) is 18.7 Å². The Bertz CT molecular complexity index is 696. The molecule has 126 valence electrons. The molecule has 0 aromatic heterocycles. The van der Waals surface area contributed by atoms with Crippen molar-refractivity contribution in [2.24, 2.45) is 0 Å². The molecular formula is C20H23NO3. The summed E-state index contributed by atoms with van der Waals surface area (Å²) in [4.78, 5) is 14.9. The lowest BCUT2D eigenvalue weighted by Crippen LogP contribution is -2.34. The zero-order valence-corrected chi connectivity index (χ0v) is 13.9. The van der Waals surface area contributed by atoms with Crippen LogP contribution in [0.15, 0.2) is 48.5 Å². The van der Waals surface area contributed by atoms with E-state index in [1.54, 1.807) is 31.4 Å². The molecule has 0 saturated carbocycles. The van der Waals surface area contributed by atoms with Crippen molar-refractivity contribution in [3.05, 3.63) is 59.7 Å². The lowest BCUT2D eigenvalue weighted by molar-refractivity contribution is 0.0678. The Hall–Kier alpha value is -2.49. The van der Waals surface area contributed by atoms with E-state index in [0.717, 1.165) is 37.0 Å². The molecule has 0 radical (unpaired) electrons. The summed E-state index contributed by atoms with van der Waals surface area (Å²) in [5.74, 6) is 0.752. The van der Waals surface area contributed by atoms with Crippen molar-refractivity contribution in [2.45, 2.75) is 31.7 Å². The van der Waals surface area contributed by atoms with Crippen LogP contribution in [0.25, 0.3) is 0 Å². The van der Waals surface area contributed by atoms with Gasteiger partial charge in [0.15, 0.2) is 0 Å². The lowest BCUT2D eigenvalue weighted by atomic mass is 9.99. The van der Waals surface area contributed by atoms with E-state index in [-0.39, 0.29) is 17.7 Å². The van der Waals surface area contributed by atoms with E-state index in [0.29, 0.717) is 12.1 Å². The maximum Gasteiger partial charge on any atom is 0.258 e. The van der Waals surface area contributed by atoms with Crippen LogP contribution < -0.4 is 4.74 Å². The molecule has 0 spiro atoms. The lowest BCUT2D eigenvalue weighted by Gasteiger charge is -2.31. The van der Waals surface area contributed by atoms with Crippen LogP contribution >= 0.6 is 0 Å². The average Bonchev–Trinajstić information content (AvgIpc) is 2.87. The van der Waals surface area contributed by atoms with Crippen molar-refractivity contribution in [1.82, 2.24) is 4.90 Å². The Morgan fingerprint density at radius 1 is 1.08 bits per heavy atom. The third kappa shape index (κ3) is 3.37. The summed E-state index contributed by atoms with van der Waals surface area (Å²) in [6.07, 6.45) is 4.15. The van der Waals surface area contributed by atoms with Crippen LogP contribution in [0.2, 0.25) is 0 Å². The van der Waals surface area contributed by atoms with Crippen molar-refractivity contribution in [3.63, 3.8) is 0 Å². The summed E-state index contributed by atoms with van der Waals surface area (Å²) in [5, 5.41) is 10.0. The topological polar surface area (TPSA) is 49.8 Å². The quantitative estimate of drug-likeness (QED) is 0.922.